The zero-order valence-corrected chi connectivity index (χ0v) is 13.6. The third-order valence-electron chi connectivity index (χ3n) is 2.94. The minimum Gasteiger partial charge on any atom is -0.496 e. The van der Waals surface area contributed by atoms with Crippen molar-refractivity contribution in [2.75, 3.05) is 7.11 Å². The van der Waals surface area contributed by atoms with Crippen LogP contribution in [0.25, 0.3) is 0 Å². The number of rotatable bonds is 3. The minimum absolute atomic E-state index is 0.642. The van der Waals surface area contributed by atoms with E-state index in [1.54, 1.807) is 13.2 Å². The number of aryl methyl sites for hydroxylation is 1. The predicted molar refractivity (Wildman–Crippen MR) is 86.0 cm³/mol. The molecule has 2 nitrogen and oxygen atoms in total. The SMILES string of the molecule is COc1ccc(C)cc1C(O)c1ccc(I)c(Cl)c1. The normalized spacial score (nSPS) is 12.3. The average Bonchev–Trinajstić information content (AvgIpc) is 2.41. The highest BCUT2D eigenvalue weighted by atomic mass is 127. The Morgan fingerprint density at radius 2 is 1.95 bits per heavy atom. The first-order chi connectivity index (χ1) is 9.02. The molecule has 0 amide bonds. The van der Waals surface area contributed by atoms with Gasteiger partial charge in [0.2, 0.25) is 0 Å². The van der Waals surface area contributed by atoms with Gasteiger partial charge in [-0.25, -0.2) is 0 Å². The summed E-state index contributed by atoms with van der Waals surface area (Å²) < 4.78 is 6.27. The van der Waals surface area contributed by atoms with E-state index in [9.17, 15) is 5.11 Å². The maximum Gasteiger partial charge on any atom is 0.125 e. The molecule has 0 spiro atoms. The van der Waals surface area contributed by atoms with E-state index in [0.717, 1.165) is 20.3 Å². The van der Waals surface area contributed by atoms with Crippen molar-refractivity contribution < 1.29 is 9.84 Å². The molecule has 2 rings (SSSR count). The van der Waals surface area contributed by atoms with E-state index < -0.39 is 6.10 Å². The Labute approximate surface area is 131 Å². The quantitative estimate of drug-likeness (QED) is 0.793. The van der Waals surface area contributed by atoms with Gasteiger partial charge in [0.05, 0.1) is 12.1 Å². The summed E-state index contributed by atoms with van der Waals surface area (Å²) in [5.41, 5.74) is 2.58. The first-order valence-corrected chi connectivity index (χ1v) is 7.26. The Kier molecular flexibility index (Phi) is 4.71. The smallest absolute Gasteiger partial charge is 0.125 e. The summed E-state index contributed by atoms with van der Waals surface area (Å²) in [6.45, 7) is 1.98. The molecule has 0 aliphatic heterocycles. The molecule has 0 aromatic heterocycles. The lowest BCUT2D eigenvalue weighted by Gasteiger charge is -2.16. The first kappa shape index (κ1) is 14.6. The van der Waals surface area contributed by atoms with Gasteiger partial charge in [-0.05, 0) is 59.3 Å². The van der Waals surface area contributed by atoms with E-state index in [4.69, 9.17) is 16.3 Å². The summed E-state index contributed by atoms with van der Waals surface area (Å²) in [5.74, 6) is 0.674. The topological polar surface area (TPSA) is 29.5 Å². The van der Waals surface area contributed by atoms with Gasteiger partial charge >= 0.3 is 0 Å². The first-order valence-electron chi connectivity index (χ1n) is 5.80. The highest BCUT2D eigenvalue weighted by Crippen LogP contribution is 2.32. The van der Waals surface area contributed by atoms with Gasteiger partial charge in [-0.3, -0.25) is 0 Å². The molecule has 0 radical (unpaired) electrons. The number of ether oxygens (including phenoxy) is 1. The lowest BCUT2D eigenvalue weighted by atomic mass is 9.99. The molecule has 1 unspecified atom stereocenters. The summed E-state index contributed by atoms with van der Waals surface area (Å²) in [5, 5.41) is 11.1. The van der Waals surface area contributed by atoms with E-state index >= 15 is 0 Å². The van der Waals surface area contributed by atoms with Gasteiger partial charge in [0.25, 0.3) is 0 Å². The van der Waals surface area contributed by atoms with Crippen LogP contribution in [0.3, 0.4) is 0 Å². The van der Waals surface area contributed by atoms with Crippen LogP contribution in [0.15, 0.2) is 36.4 Å². The third kappa shape index (κ3) is 3.22. The van der Waals surface area contributed by atoms with Crippen LogP contribution in [-0.4, -0.2) is 12.2 Å². The molecule has 2 aromatic rings. The number of aliphatic hydroxyl groups excluding tert-OH is 1. The molecule has 2 aromatic carbocycles. The molecule has 19 heavy (non-hydrogen) atoms. The second-order valence-electron chi connectivity index (χ2n) is 4.32. The summed E-state index contributed by atoms with van der Waals surface area (Å²) >= 11 is 8.26. The maximum absolute atomic E-state index is 10.5. The second-order valence-corrected chi connectivity index (χ2v) is 5.89. The van der Waals surface area contributed by atoms with Crippen LogP contribution in [0, 0.1) is 10.5 Å². The van der Waals surface area contributed by atoms with Crippen LogP contribution in [-0.2, 0) is 0 Å². The number of methoxy groups -OCH3 is 1. The molecule has 0 saturated carbocycles. The number of aliphatic hydroxyl groups is 1. The molecule has 1 atom stereocenters. The summed E-state index contributed by atoms with van der Waals surface area (Å²) in [6, 6.07) is 11.3. The van der Waals surface area contributed by atoms with Crippen molar-refractivity contribution in [1.29, 1.82) is 0 Å². The van der Waals surface area contributed by atoms with Gasteiger partial charge in [0.15, 0.2) is 0 Å². The van der Waals surface area contributed by atoms with Crippen LogP contribution in [0.1, 0.15) is 22.8 Å². The number of halogens is 2. The standard InChI is InChI=1S/C15H14ClIO2/c1-9-3-6-14(19-2)11(7-9)15(18)10-4-5-13(17)12(16)8-10/h3-8,15,18H,1-2H3. The van der Waals surface area contributed by atoms with Crippen molar-refractivity contribution in [3.05, 3.63) is 61.7 Å². The Morgan fingerprint density at radius 3 is 2.58 bits per heavy atom. The van der Waals surface area contributed by atoms with Crippen LogP contribution in [0.2, 0.25) is 5.02 Å². The maximum atomic E-state index is 10.5. The zero-order chi connectivity index (χ0) is 14.0. The molecule has 0 aliphatic carbocycles. The fourth-order valence-corrected chi connectivity index (χ4v) is 2.45. The Hall–Kier alpha value is -0.780. The minimum atomic E-state index is -0.746. The van der Waals surface area contributed by atoms with Gasteiger partial charge in [0.1, 0.15) is 11.9 Å². The Bertz CT molecular complexity index is 599. The van der Waals surface area contributed by atoms with E-state index in [2.05, 4.69) is 22.6 Å². The number of hydrogen-bond donors (Lipinski definition) is 1. The Balaban J connectivity index is 2.45. The average molecular weight is 389 g/mol. The van der Waals surface area contributed by atoms with E-state index in [1.165, 1.54) is 0 Å². The van der Waals surface area contributed by atoms with Crippen LogP contribution in [0.4, 0.5) is 0 Å². The van der Waals surface area contributed by atoms with Crippen molar-refractivity contribution in [3.63, 3.8) is 0 Å². The van der Waals surface area contributed by atoms with Gasteiger partial charge in [-0.15, -0.1) is 0 Å². The van der Waals surface area contributed by atoms with Gasteiger partial charge < -0.3 is 9.84 Å². The molecule has 0 bridgehead atoms. The molecule has 4 heteroatoms. The molecular formula is C15H14ClIO2. The largest absolute Gasteiger partial charge is 0.496 e. The van der Waals surface area contributed by atoms with Crippen LogP contribution < -0.4 is 4.74 Å². The molecule has 0 heterocycles. The fraction of sp³-hybridized carbons (Fsp3) is 0.200. The highest BCUT2D eigenvalue weighted by molar-refractivity contribution is 14.1. The van der Waals surface area contributed by atoms with Gasteiger partial charge in [-0.2, -0.15) is 0 Å². The van der Waals surface area contributed by atoms with Crippen LogP contribution in [0.5, 0.6) is 5.75 Å². The molecule has 0 fully saturated rings. The van der Waals surface area contributed by atoms with Crippen molar-refractivity contribution in [1.82, 2.24) is 0 Å². The molecule has 100 valence electrons. The summed E-state index contributed by atoms with van der Waals surface area (Å²) in [4.78, 5) is 0. The van der Waals surface area contributed by atoms with Crippen molar-refractivity contribution in [3.8, 4) is 5.75 Å². The number of hydrogen-bond acceptors (Lipinski definition) is 2. The van der Waals surface area contributed by atoms with Gasteiger partial charge in [0, 0.05) is 9.13 Å². The predicted octanol–water partition coefficient (Wildman–Crippen LogP) is 4.34. The van der Waals surface area contributed by atoms with Crippen molar-refractivity contribution in [2.24, 2.45) is 0 Å². The highest BCUT2D eigenvalue weighted by Gasteiger charge is 2.16. The summed E-state index contributed by atoms with van der Waals surface area (Å²) in [7, 11) is 1.60. The van der Waals surface area contributed by atoms with Crippen molar-refractivity contribution >= 4 is 34.2 Å². The second kappa shape index (κ2) is 6.11. The Morgan fingerprint density at radius 1 is 1.21 bits per heavy atom. The van der Waals surface area contributed by atoms with E-state index in [1.807, 2.05) is 37.3 Å². The van der Waals surface area contributed by atoms with E-state index in [-0.39, 0.29) is 0 Å². The number of benzene rings is 2. The van der Waals surface area contributed by atoms with Gasteiger partial charge in [-0.1, -0.05) is 29.3 Å². The monoisotopic (exact) mass is 388 g/mol. The van der Waals surface area contributed by atoms with Crippen molar-refractivity contribution in [2.45, 2.75) is 13.0 Å². The zero-order valence-electron chi connectivity index (χ0n) is 10.7. The molecule has 0 aliphatic rings. The van der Waals surface area contributed by atoms with Crippen LogP contribution >= 0.6 is 34.2 Å². The van der Waals surface area contributed by atoms with E-state index in [0.29, 0.717) is 10.8 Å². The molecular weight excluding hydrogens is 375 g/mol. The molecule has 1 N–H and O–H groups in total. The lowest BCUT2D eigenvalue weighted by molar-refractivity contribution is 0.214. The third-order valence-corrected chi connectivity index (χ3v) is 4.51. The summed E-state index contributed by atoms with van der Waals surface area (Å²) in [6.07, 6.45) is -0.746. The fourth-order valence-electron chi connectivity index (χ4n) is 1.93. The lowest BCUT2D eigenvalue weighted by Crippen LogP contribution is -2.03. The molecule has 0 saturated heterocycles.